The number of halogens is 2. The van der Waals surface area contributed by atoms with Crippen LogP contribution in [0.3, 0.4) is 0 Å². The molecule has 2 rings (SSSR count). The molecule has 0 aliphatic carbocycles. The summed E-state index contributed by atoms with van der Waals surface area (Å²) < 4.78 is 12.0. The zero-order valence-electron chi connectivity index (χ0n) is 12.9. The molecule has 0 saturated carbocycles. The van der Waals surface area contributed by atoms with E-state index in [4.69, 9.17) is 37.8 Å². The van der Waals surface area contributed by atoms with Crippen LogP contribution in [0.4, 0.5) is 0 Å². The molecule has 0 unspecified atom stereocenters. The lowest BCUT2D eigenvalue weighted by molar-refractivity contribution is -0.131. The van der Waals surface area contributed by atoms with E-state index in [0.29, 0.717) is 41.4 Å². The molecular weight excluding hydrogens is 355 g/mol. The summed E-state index contributed by atoms with van der Waals surface area (Å²) in [5.74, 6) is -0.670. The summed E-state index contributed by atoms with van der Waals surface area (Å²) in [7, 11) is 1.57. The van der Waals surface area contributed by atoms with Crippen LogP contribution in [0.25, 0.3) is 6.08 Å². The van der Waals surface area contributed by atoms with Crippen LogP contribution >= 0.6 is 23.2 Å². The predicted molar refractivity (Wildman–Crippen MR) is 91.8 cm³/mol. The second-order valence-electron chi connectivity index (χ2n) is 4.81. The second kappa shape index (κ2) is 8.73. The Morgan fingerprint density at radius 1 is 1.33 bits per heavy atom. The summed E-state index contributed by atoms with van der Waals surface area (Å²) in [6.07, 6.45) is 2.48. The highest BCUT2D eigenvalue weighted by molar-refractivity contribution is 6.35. The first-order valence-corrected chi connectivity index (χ1v) is 7.79. The van der Waals surface area contributed by atoms with Crippen molar-refractivity contribution in [3.63, 3.8) is 0 Å². The van der Waals surface area contributed by atoms with Gasteiger partial charge in [-0.05, 0) is 23.8 Å². The zero-order chi connectivity index (χ0) is 17.5. The normalized spacial score (nSPS) is 11.1. The number of nitrogens with zero attached hydrogens (tertiary/aromatic N) is 2. The minimum absolute atomic E-state index is 0.345. The molecule has 0 atom stereocenters. The van der Waals surface area contributed by atoms with Crippen LogP contribution in [0.15, 0.2) is 30.3 Å². The predicted octanol–water partition coefficient (Wildman–Crippen LogP) is 3.36. The molecule has 1 aromatic carbocycles. The molecule has 0 aliphatic heterocycles. The minimum Gasteiger partial charge on any atom is -0.478 e. The van der Waals surface area contributed by atoms with Gasteiger partial charge in [-0.15, -0.1) is 5.10 Å². The largest absolute Gasteiger partial charge is 0.478 e. The summed E-state index contributed by atoms with van der Waals surface area (Å²) >= 11 is 12.1. The van der Waals surface area contributed by atoms with Crippen LogP contribution in [0.5, 0.6) is 5.88 Å². The van der Waals surface area contributed by atoms with Gasteiger partial charge in [-0.25, -0.2) is 4.79 Å². The molecule has 0 spiro atoms. The molecule has 128 valence electrons. The lowest BCUT2D eigenvalue weighted by Gasteiger charge is -2.07. The van der Waals surface area contributed by atoms with Gasteiger partial charge in [0, 0.05) is 29.3 Å². The Kier molecular flexibility index (Phi) is 6.66. The number of hydrogen-bond donors (Lipinski definition) is 1. The van der Waals surface area contributed by atoms with Crippen molar-refractivity contribution in [2.45, 2.75) is 6.54 Å². The van der Waals surface area contributed by atoms with E-state index in [0.717, 1.165) is 11.6 Å². The van der Waals surface area contributed by atoms with Crippen LogP contribution in [0, 0.1) is 0 Å². The van der Waals surface area contributed by atoms with Gasteiger partial charge < -0.3 is 14.6 Å². The van der Waals surface area contributed by atoms with Crippen molar-refractivity contribution >= 4 is 35.2 Å². The van der Waals surface area contributed by atoms with Gasteiger partial charge in [0.1, 0.15) is 6.61 Å². The standard InChI is InChI=1S/C16H16Cl2N2O4/c1-23-6-7-24-15-9-13(4-5-16(21)22)20(19-15)10-11-2-3-12(17)8-14(11)18/h2-5,8-9H,6-7,10H2,1H3,(H,21,22). The maximum atomic E-state index is 10.8. The lowest BCUT2D eigenvalue weighted by Crippen LogP contribution is -2.07. The highest BCUT2D eigenvalue weighted by Gasteiger charge is 2.10. The number of carbonyl (C=O) groups is 1. The SMILES string of the molecule is COCCOc1cc(C=CC(=O)O)n(Cc2ccc(Cl)cc2Cl)n1. The van der Waals surface area contributed by atoms with Crippen LogP contribution in [0.2, 0.25) is 10.0 Å². The maximum absolute atomic E-state index is 10.8. The van der Waals surface area contributed by atoms with Gasteiger partial charge in [-0.2, -0.15) is 0 Å². The Bertz CT molecular complexity index is 744. The van der Waals surface area contributed by atoms with Crippen LogP contribution in [-0.4, -0.2) is 41.2 Å². The van der Waals surface area contributed by atoms with Gasteiger partial charge in [-0.3, -0.25) is 4.68 Å². The molecule has 0 fully saturated rings. The third-order valence-electron chi connectivity index (χ3n) is 3.06. The number of rotatable bonds is 8. The third kappa shape index (κ3) is 5.26. The highest BCUT2D eigenvalue weighted by Crippen LogP contribution is 2.23. The van der Waals surface area contributed by atoms with Crippen molar-refractivity contribution in [3.8, 4) is 5.88 Å². The van der Waals surface area contributed by atoms with Crippen molar-refractivity contribution in [1.82, 2.24) is 9.78 Å². The molecule has 24 heavy (non-hydrogen) atoms. The fourth-order valence-corrected chi connectivity index (χ4v) is 2.40. The summed E-state index contributed by atoms with van der Waals surface area (Å²) in [6.45, 7) is 1.12. The Hall–Kier alpha value is -2.02. The number of carboxylic acid groups (broad SMARTS) is 1. The van der Waals surface area contributed by atoms with Crippen LogP contribution in [-0.2, 0) is 16.1 Å². The van der Waals surface area contributed by atoms with Crippen molar-refractivity contribution in [1.29, 1.82) is 0 Å². The number of hydrogen-bond acceptors (Lipinski definition) is 4. The molecule has 6 nitrogen and oxygen atoms in total. The first-order chi connectivity index (χ1) is 11.5. The first kappa shape index (κ1) is 18.3. The Labute approximate surface area is 149 Å². The van der Waals surface area contributed by atoms with Crippen molar-refractivity contribution in [2.75, 3.05) is 20.3 Å². The monoisotopic (exact) mass is 370 g/mol. The summed E-state index contributed by atoms with van der Waals surface area (Å²) in [5.41, 5.74) is 1.38. The lowest BCUT2D eigenvalue weighted by atomic mass is 10.2. The molecule has 0 aliphatic rings. The fraction of sp³-hybridized carbons (Fsp3) is 0.250. The molecule has 0 amide bonds. The van der Waals surface area contributed by atoms with E-state index in [9.17, 15) is 4.79 Å². The van der Waals surface area contributed by atoms with Gasteiger partial charge in [0.2, 0.25) is 5.88 Å². The van der Waals surface area contributed by atoms with Gasteiger partial charge in [0.25, 0.3) is 0 Å². The molecule has 1 aromatic heterocycles. The van der Waals surface area contributed by atoms with Crippen molar-refractivity contribution < 1.29 is 19.4 Å². The topological polar surface area (TPSA) is 73.6 Å². The van der Waals surface area contributed by atoms with E-state index in [-0.39, 0.29) is 0 Å². The number of carboxylic acids is 1. The van der Waals surface area contributed by atoms with E-state index in [1.165, 1.54) is 6.08 Å². The molecule has 0 bridgehead atoms. The Morgan fingerprint density at radius 3 is 2.79 bits per heavy atom. The summed E-state index contributed by atoms with van der Waals surface area (Å²) in [6, 6.07) is 6.82. The van der Waals surface area contributed by atoms with Gasteiger partial charge >= 0.3 is 5.97 Å². The average molecular weight is 371 g/mol. The van der Waals surface area contributed by atoms with E-state index < -0.39 is 5.97 Å². The van der Waals surface area contributed by atoms with Gasteiger partial charge in [0.15, 0.2) is 0 Å². The zero-order valence-corrected chi connectivity index (χ0v) is 14.4. The number of methoxy groups -OCH3 is 1. The Morgan fingerprint density at radius 2 is 2.12 bits per heavy atom. The van der Waals surface area contributed by atoms with Gasteiger partial charge in [-0.1, -0.05) is 29.3 Å². The highest BCUT2D eigenvalue weighted by atomic mass is 35.5. The van der Waals surface area contributed by atoms with Crippen molar-refractivity contribution in [3.05, 3.63) is 51.6 Å². The van der Waals surface area contributed by atoms with E-state index >= 15 is 0 Å². The molecule has 8 heteroatoms. The molecule has 0 saturated heterocycles. The minimum atomic E-state index is -1.05. The number of benzene rings is 1. The molecule has 0 radical (unpaired) electrons. The number of aliphatic carboxylic acids is 1. The smallest absolute Gasteiger partial charge is 0.328 e. The molecule has 1 N–H and O–H groups in total. The number of ether oxygens (including phenoxy) is 2. The fourth-order valence-electron chi connectivity index (χ4n) is 1.94. The molecule has 2 aromatic rings. The summed E-state index contributed by atoms with van der Waals surface area (Å²) in [4.78, 5) is 10.8. The van der Waals surface area contributed by atoms with Crippen LogP contribution in [0.1, 0.15) is 11.3 Å². The van der Waals surface area contributed by atoms with Crippen LogP contribution < -0.4 is 4.74 Å². The van der Waals surface area contributed by atoms with E-state index in [2.05, 4.69) is 5.10 Å². The van der Waals surface area contributed by atoms with Crippen molar-refractivity contribution in [2.24, 2.45) is 0 Å². The van der Waals surface area contributed by atoms with E-state index in [1.807, 2.05) is 0 Å². The van der Waals surface area contributed by atoms with Gasteiger partial charge in [0.05, 0.1) is 18.8 Å². The third-order valence-corrected chi connectivity index (χ3v) is 3.64. The molecule has 1 heterocycles. The van der Waals surface area contributed by atoms with E-state index in [1.54, 1.807) is 36.1 Å². The summed E-state index contributed by atoms with van der Waals surface area (Å²) in [5, 5.41) is 14.2. The quantitative estimate of drug-likeness (QED) is 0.569. The molecular formula is C16H16Cl2N2O4. The second-order valence-corrected chi connectivity index (χ2v) is 5.66. The average Bonchev–Trinajstić information content (AvgIpc) is 2.90. The number of aromatic nitrogens is 2. The Balaban J connectivity index is 2.26. The first-order valence-electron chi connectivity index (χ1n) is 7.04. The maximum Gasteiger partial charge on any atom is 0.328 e.